The molecule has 162 valence electrons. The summed E-state index contributed by atoms with van der Waals surface area (Å²) in [4.78, 5) is 27.1. The van der Waals surface area contributed by atoms with E-state index in [0.29, 0.717) is 25.3 Å². The van der Waals surface area contributed by atoms with Crippen LogP contribution in [-0.2, 0) is 16.1 Å². The molecule has 31 heavy (non-hydrogen) atoms. The van der Waals surface area contributed by atoms with E-state index >= 15 is 0 Å². The van der Waals surface area contributed by atoms with Gasteiger partial charge in [-0.25, -0.2) is 4.98 Å². The number of hydrogen-bond acceptors (Lipinski definition) is 7. The number of fused-ring (bicyclic) bond motifs is 1. The van der Waals surface area contributed by atoms with Gasteiger partial charge in [-0.15, -0.1) is 10.2 Å². The van der Waals surface area contributed by atoms with Crippen LogP contribution < -0.4 is 10.6 Å². The minimum absolute atomic E-state index is 0.00977. The number of aromatic nitrogens is 4. The fraction of sp³-hybridized carbons (Fsp3) is 0.381. The number of carbonyl (C=O) groups excluding carboxylic acids is 1. The van der Waals surface area contributed by atoms with E-state index in [4.69, 9.17) is 9.52 Å². The first-order valence-electron chi connectivity index (χ1n) is 10.3. The maximum atomic E-state index is 12.0. The summed E-state index contributed by atoms with van der Waals surface area (Å²) >= 11 is 0. The number of aliphatic carboxylic acids is 1. The number of nitrogens with one attached hydrogen (secondary N) is 2. The Labute approximate surface area is 178 Å². The summed E-state index contributed by atoms with van der Waals surface area (Å²) in [5.41, 5.74) is 2.77. The standard InChI is InChI=1S/C21H24N6O4/c28-18(4-1-5-19(29)30)25-15-8-6-14(7-9-15)17-12-23-21(27-13-24-26-20(17)27)22-11-16-3-2-10-31-16/h2-3,6,10,12-13,15H,1,4-5,7-9,11H2,(H,22,23)(H,25,28)(H,29,30). The van der Waals surface area contributed by atoms with Gasteiger partial charge in [0.25, 0.3) is 0 Å². The molecule has 1 atom stereocenters. The summed E-state index contributed by atoms with van der Waals surface area (Å²) in [5, 5.41) is 23.2. The Bertz CT molecular complexity index is 1090. The molecular weight excluding hydrogens is 400 g/mol. The molecule has 1 amide bonds. The molecule has 0 aliphatic heterocycles. The predicted molar refractivity (Wildman–Crippen MR) is 112 cm³/mol. The topological polar surface area (TPSA) is 135 Å². The van der Waals surface area contributed by atoms with Gasteiger partial charge in [0.15, 0.2) is 5.65 Å². The highest BCUT2D eigenvalue weighted by atomic mass is 16.4. The maximum Gasteiger partial charge on any atom is 0.303 e. The van der Waals surface area contributed by atoms with E-state index in [1.165, 1.54) is 0 Å². The minimum Gasteiger partial charge on any atom is -0.481 e. The van der Waals surface area contributed by atoms with E-state index in [1.807, 2.05) is 16.5 Å². The molecule has 4 rings (SSSR count). The van der Waals surface area contributed by atoms with Crippen LogP contribution in [0.25, 0.3) is 11.2 Å². The number of anilines is 1. The molecule has 0 saturated carbocycles. The van der Waals surface area contributed by atoms with E-state index in [-0.39, 0.29) is 24.8 Å². The molecule has 0 spiro atoms. The van der Waals surface area contributed by atoms with Crippen molar-refractivity contribution in [1.29, 1.82) is 0 Å². The largest absolute Gasteiger partial charge is 0.481 e. The van der Waals surface area contributed by atoms with Crippen LogP contribution >= 0.6 is 0 Å². The monoisotopic (exact) mass is 424 g/mol. The first kappa shape index (κ1) is 20.6. The Hall–Kier alpha value is -3.69. The van der Waals surface area contributed by atoms with Gasteiger partial charge in [0.05, 0.1) is 12.8 Å². The van der Waals surface area contributed by atoms with Crippen LogP contribution in [-0.4, -0.2) is 42.6 Å². The van der Waals surface area contributed by atoms with Gasteiger partial charge in [-0.2, -0.15) is 0 Å². The average Bonchev–Trinajstić information content (AvgIpc) is 3.45. The van der Waals surface area contributed by atoms with E-state index in [1.54, 1.807) is 18.8 Å². The molecule has 10 nitrogen and oxygen atoms in total. The highest BCUT2D eigenvalue weighted by Crippen LogP contribution is 2.29. The van der Waals surface area contributed by atoms with Gasteiger partial charge < -0.3 is 20.2 Å². The van der Waals surface area contributed by atoms with Gasteiger partial charge >= 0.3 is 5.97 Å². The molecule has 0 aromatic carbocycles. The lowest BCUT2D eigenvalue weighted by Gasteiger charge is -2.23. The summed E-state index contributed by atoms with van der Waals surface area (Å²) in [6.07, 6.45) is 10.0. The van der Waals surface area contributed by atoms with Crippen LogP contribution in [0.1, 0.15) is 49.8 Å². The van der Waals surface area contributed by atoms with Crippen LogP contribution in [0.5, 0.6) is 0 Å². The van der Waals surface area contributed by atoms with Gasteiger partial charge in [0.1, 0.15) is 12.1 Å². The average molecular weight is 424 g/mol. The normalized spacial score (nSPS) is 16.1. The summed E-state index contributed by atoms with van der Waals surface area (Å²) < 4.78 is 7.16. The quantitative estimate of drug-likeness (QED) is 0.477. The summed E-state index contributed by atoms with van der Waals surface area (Å²) in [6.45, 7) is 0.503. The molecule has 0 fully saturated rings. The molecule has 3 aromatic heterocycles. The number of carboxylic acid groups (broad SMARTS) is 1. The Kier molecular flexibility index (Phi) is 6.25. The van der Waals surface area contributed by atoms with Crippen molar-refractivity contribution in [3.8, 4) is 0 Å². The van der Waals surface area contributed by atoms with Crippen molar-refractivity contribution in [3.05, 3.63) is 48.3 Å². The Morgan fingerprint density at radius 3 is 2.97 bits per heavy atom. The molecule has 0 saturated heterocycles. The first-order valence-corrected chi connectivity index (χ1v) is 10.3. The molecule has 3 N–H and O–H groups in total. The lowest BCUT2D eigenvalue weighted by molar-refractivity contribution is -0.137. The number of rotatable bonds is 9. The number of carboxylic acids is 1. The zero-order valence-electron chi connectivity index (χ0n) is 17.0. The van der Waals surface area contributed by atoms with Crippen molar-refractivity contribution in [2.24, 2.45) is 0 Å². The molecule has 0 radical (unpaired) electrons. The lowest BCUT2D eigenvalue weighted by atomic mass is 9.91. The van der Waals surface area contributed by atoms with Crippen LogP contribution in [0, 0.1) is 0 Å². The van der Waals surface area contributed by atoms with Gasteiger partial charge in [-0.3, -0.25) is 14.0 Å². The Morgan fingerprint density at radius 2 is 2.23 bits per heavy atom. The lowest BCUT2D eigenvalue weighted by Crippen LogP contribution is -2.35. The number of amides is 1. The number of furan rings is 1. The molecule has 1 aliphatic carbocycles. The maximum absolute atomic E-state index is 12.0. The highest BCUT2D eigenvalue weighted by Gasteiger charge is 2.20. The molecule has 1 aliphatic rings. The van der Waals surface area contributed by atoms with E-state index in [0.717, 1.165) is 35.4 Å². The van der Waals surface area contributed by atoms with Crippen molar-refractivity contribution < 1.29 is 19.1 Å². The number of nitrogens with zero attached hydrogens (tertiary/aromatic N) is 4. The molecule has 1 unspecified atom stereocenters. The minimum atomic E-state index is -0.881. The van der Waals surface area contributed by atoms with E-state index in [9.17, 15) is 9.59 Å². The second-order valence-corrected chi connectivity index (χ2v) is 7.47. The third-order valence-corrected chi connectivity index (χ3v) is 5.25. The van der Waals surface area contributed by atoms with E-state index < -0.39 is 5.97 Å². The van der Waals surface area contributed by atoms with Gasteiger partial charge in [0.2, 0.25) is 11.9 Å². The van der Waals surface area contributed by atoms with Crippen molar-refractivity contribution in [1.82, 2.24) is 24.9 Å². The first-order chi connectivity index (χ1) is 15.1. The molecular formula is C21H24N6O4. The zero-order chi connectivity index (χ0) is 21.6. The Morgan fingerprint density at radius 1 is 1.32 bits per heavy atom. The number of allylic oxidation sites excluding steroid dienone is 1. The zero-order valence-corrected chi connectivity index (χ0v) is 17.0. The fourth-order valence-corrected chi connectivity index (χ4v) is 3.67. The second kappa shape index (κ2) is 9.41. The van der Waals surface area contributed by atoms with E-state index in [2.05, 4.69) is 31.9 Å². The van der Waals surface area contributed by atoms with Gasteiger partial charge in [-0.05, 0) is 43.4 Å². The SMILES string of the molecule is O=C(O)CCCC(=O)NC1CC=C(c2cnc(NCc3ccco3)n3cnnc23)CC1. The summed E-state index contributed by atoms with van der Waals surface area (Å²) in [6, 6.07) is 3.78. The molecule has 3 aromatic rings. The highest BCUT2D eigenvalue weighted by molar-refractivity contribution is 5.78. The number of carbonyl (C=O) groups is 2. The second-order valence-electron chi connectivity index (χ2n) is 7.47. The van der Waals surface area contributed by atoms with Crippen LogP contribution in [0.3, 0.4) is 0 Å². The van der Waals surface area contributed by atoms with Crippen LogP contribution in [0.15, 0.2) is 41.4 Å². The summed E-state index contributed by atoms with van der Waals surface area (Å²) in [5.74, 6) is 0.450. The number of hydrogen-bond donors (Lipinski definition) is 3. The van der Waals surface area contributed by atoms with Crippen molar-refractivity contribution in [2.75, 3.05) is 5.32 Å². The predicted octanol–water partition coefficient (Wildman–Crippen LogP) is 2.64. The van der Waals surface area contributed by atoms with Crippen molar-refractivity contribution in [3.63, 3.8) is 0 Å². The fourth-order valence-electron chi connectivity index (χ4n) is 3.67. The van der Waals surface area contributed by atoms with Crippen molar-refractivity contribution in [2.45, 2.75) is 51.1 Å². The van der Waals surface area contributed by atoms with Crippen LogP contribution in [0.2, 0.25) is 0 Å². The Balaban J connectivity index is 1.39. The third kappa shape index (κ3) is 5.08. The van der Waals surface area contributed by atoms with Gasteiger partial charge in [-0.1, -0.05) is 6.08 Å². The smallest absolute Gasteiger partial charge is 0.303 e. The van der Waals surface area contributed by atoms with Crippen LogP contribution in [0.4, 0.5) is 5.95 Å². The molecule has 3 heterocycles. The summed E-state index contributed by atoms with van der Waals surface area (Å²) in [7, 11) is 0. The van der Waals surface area contributed by atoms with Gasteiger partial charge in [0, 0.05) is 30.6 Å². The van der Waals surface area contributed by atoms with Crippen molar-refractivity contribution >= 4 is 29.0 Å². The molecule has 0 bridgehead atoms. The third-order valence-electron chi connectivity index (χ3n) is 5.25. The molecule has 10 heteroatoms.